The van der Waals surface area contributed by atoms with Crippen LogP contribution in [0.3, 0.4) is 0 Å². The van der Waals surface area contributed by atoms with Gasteiger partial charge in [0.05, 0.1) is 10.9 Å². The Hall–Kier alpha value is -2.23. The first-order valence-electron chi connectivity index (χ1n) is 8.98. The predicted octanol–water partition coefficient (Wildman–Crippen LogP) is 0.996. The van der Waals surface area contributed by atoms with Gasteiger partial charge in [0.15, 0.2) is 0 Å². The molecule has 3 heterocycles. The number of nitrogens with zero attached hydrogens (tertiary/aromatic N) is 4. The van der Waals surface area contributed by atoms with Gasteiger partial charge in [0, 0.05) is 51.2 Å². The molecule has 0 bridgehead atoms. The number of rotatable bonds is 3. The SMILES string of the molecule is CC(=O)N1CCc2ccc(S(=O)(=O)N3CCN(C)[C@H](c4ncc[nH]4)C3)cc21. The quantitative estimate of drug-likeness (QED) is 0.846. The van der Waals surface area contributed by atoms with Gasteiger partial charge < -0.3 is 9.88 Å². The average Bonchev–Trinajstić information content (AvgIpc) is 3.31. The third-order valence-electron chi connectivity index (χ3n) is 5.42. The Kier molecular flexibility index (Phi) is 4.53. The normalized spacial score (nSPS) is 21.4. The summed E-state index contributed by atoms with van der Waals surface area (Å²) in [6.07, 6.45) is 4.17. The van der Waals surface area contributed by atoms with Crippen molar-refractivity contribution in [1.29, 1.82) is 0 Å². The molecule has 8 nitrogen and oxygen atoms in total. The molecule has 0 spiro atoms. The Morgan fingerprint density at radius 1 is 1.26 bits per heavy atom. The second kappa shape index (κ2) is 6.74. The molecule has 0 aliphatic carbocycles. The molecule has 1 fully saturated rings. The van der Waals surface area contributed by atoms with Crippen molar-refractivity contribution in [2.24, 2.45) is 0 Å². The van der Waals surface area contributed by atoms with Gasteiger partial charge in [0.2, 0.25) is 15.9 Å². The van der Waals surface area contributed by atoms with E-state index in [9.17, 15) is 13.2 Å². The molecule has 1 amide bonds. The summed E-state index contributed by atoms with van der Waals surface area (Å²) < 4.78 is 28.0. The van der Waals surface area contributed by atoms with Crippen LogP contribution in [0.1, 0.15) is 24.4 Å². The van der Waals surface area contributed by atoms with E-state index in [1.54, 1.807) is 29.4 Å². The first-order valence-corrected chi connectivity index (χ1v) is 10.4. The number of imidazole rings is 1. The zero-order valence-corrected chi connectivity index (χ0v) is 16.2. The van der Waals surface area contributed by atoms with Crippen molar-refractivity contribution in [2.75, 3.05) is 38.1 Å². The van der Waals surface area contributed by atoms with Crippen LogP contribution in [0.25, 0.3) is 0 Å². The van der Waals surface area contributed by atoms with Crippen molar-refractivity contribution in [1.82, 2.24) is 19.2 Å². The van der Waals surface area contributed by atoms with Crippen LogP contribution in [0.2, 0.25) is 0 Å². The highest BCUT2D eigenvalue weighted by Crippen LogP contribution is 2.33. The molecule has 2 aromatic rings. The number of piperazine rings is 1. The summed E-state index contributed by atoms with van der Waals surface area (Å²) in [4.78, 5) is 23.2. The van der Waals surface area contributed by atoms with Gasteiger partial charge in [-0.05, 0) is 31.2 Å². The van der Waals surface area contributed by atoms with E-state index in [1.165, 1.54) is 11.2 Å². The minimum absolute atomic E-state index is 0.0687. The lowest BCUT2D eigenvalue weighted by Crippen LogP contribution is -2.49. The molecule has 2 aliphatic rings. The van der Waals surface area contributed by atoms with Gasteiger partial charge >= 0.3 is 0 Å². The molecule has 1 aromatic heterocycles. The Morgan fingerprint density at radius 3 is 2.78 bits per heavy atom. The van der Waals surface area contributed by atoms with Crippen LogP contribution < -0.4 is 4.90 Å². The summed E-state index contributed by atoms with van der Waals surface area (Å²) in [5.41, 5.74) is 1.72. The lowest BCUT2D eigenvalue weighted by molar-refractivity contribution is -0.116. The lowest BCUT2D eigenvalue weighted by Gasteiger charge is -2.37. The minimum atomic E-state index is -3.65. The summed E-state index contributed by atoms with van der Waals surface area (Å²) in [6, 6.07) is 4.99. The van der Waals surface area contributed by atoms with E-state index < -0.39 is 10.0 Å². The predicted molar refractivity (Wildman–Crippen MR) is 101 cm³/mol. The van der Waals surface area contributed by atoms with Crippen molar-refractivity contribution >= 4 is 21.6 Å². The van der Waals surface area contributed by atoms with Crippen LogP contribution in [0, 0.1) is 0 Å². The number of benzene rings is 1. The number of amides is 1. The van der Waals surface area contributed by atoms with E-state index in [-0.39, 0.29) is 16.8 Å². The minimum Gasteiger partial charge on any atom is -0.347 e. The maximum Gasteiger partial charge on any atom is 0.243 e. The maximum absolute atomic E-state index is 13.3. The van der Waals surface area contributed by atoms with E-state index in [2.05, 4.69) is 14.9 Å². The fourth-order valence-electron chi connectivity index (χ4n) is 3.82. The van der Waals surface area contributed by atoms with E-state index in [4.69, 9.17) is 0 Å². The van der Waals surface area contributed by atoms with Gasteiger partial charge in [-0.25, -0.2) is 13.4 Å². The van der Waals surface area contributed by atoms with Gasteiger partial charge in [-0.15, -0.1) is 0 Å². The molecular formula is C18H23N5O3S. The molecule has 1 aromatic carbocycles. The number of fused-ring (bicyclic) bond motifs is 1. The Bertz CT molecular complexity index is 957. The average molecular weight is 389 g/mol. The number of carbonyl (C=O) groups is 1. The first-order chi connectivity index (χ1) is 12.9. The third kappa shape index (κ3) is 3.15. The maximum atomic E-state index is 13.3. The molecule has 9 heteroatoms. The fourth-order valence-corrected chi connectivity index (χ4v) is 5.28. The fraction of sp³-hybridized carbons (Fsp3) is 0.444. The third-order valence-corrected chi connectivity index (χ3v) is 7.28. The van der Waals surface area contributed by atoms with E-state index in [0.29, 0.717) is 31.9 Å². The number of carbonyl (C=O) groups excluding carboxylic acids is 1. The highest BCUT2D eigenvalue weighted by Gasteiger charge is 2.35. The number of nitrogens with one attached hydrogen (secondary N) is 1. The van der Waals surface area contributed by atoms with Gasteiger partial charge in [-0.3, -0.25) is 9.69 Å². The lowest BCUT2D eigenvalue weighted by atomic mass is 10.2. The number of hydrogen-bond acceptors (Lipinski definition) is 5. The van der Waals surface area contributed by atoms with E-state index in [1.807, 2.05) is 13.1 Å². The molecule has 1 saturated heterocycles. The second-order valence-electron chi connectivity index (χ2n) is 7.05. The van der Waals surface area contributed by atoms with Gasteiger partial charge in [-0.1, -0.05) is 6.07 Å². The number of sulfonamides is 1. The number of H-pyrrole nitrogens is 1. The molecule has 0 unspecified atom stereocenters. The second-order valence-corrected chi connectivity index (χ2v) is 8.98. The zero-order chi connectivity index (χ0) is 19.2. The van der Waals surface area contributed by atoms with Gasteiger partial charge in [0.1, 0.15) is 5.82 Å². The van der Waals surface area contributed by atoms with Crippen LogP contribution in [0.4, 0.5) is 5.69 Å². The number of aromatic nitrogens is 2. The molecule has 2 aliphatic heterocycles. The molecule has 1 atom stereocenters. The van der Waals surface area contributed by atoms with Crippen LogP contribution in [0.15, 0.2) is 35.5 Å². The molecule has 144 valence electrons. The van der Waals surface area contributed by atoms with Crippen molar-refractivity contribution in [3.8, 4) is 0 Å². The smallest absolute Gasteiger partial charge is 0.243 e. The van der Waals surface area contributed by atoms with Crippen LogP contribution in [-0.4, -0.2) is 66.7 Å². The summed E-state index contributed by atoms with van der Waals surface area (Å²) >= 11 is 0. The van der Waals surface area contributed by atoms with Crippen molar-refractivity contribution in [3.63, 3.8) is 0 Å². The number of hydrogen-bond donors (Lipinski definition) is 1. The van der Waals surface area contributed by atoms with Gasteiger partial charge in [-0.2, -0.15) is 4.31 Å². The van der Waals surface area contributed by atoms with Crippen LogP contribution in [-0.2, 0) is 21.2 Å². The van der Waals surface area contributed by atoms with Crippen molar-refractivity contribution in [2.45, 2.75) is 24.3 Å². The van der Waals surface area contributed by atoms with Crippen LogP contribution >= 0.6 is 0 Å². The molecule has 4 rings (SSSR count). The van der Waals surface area contributed by atoms with Crippen molar-refractivity contribution in [3.05, 3.63) is 42.0 Å². The van der Waals surface area contributed by atoms with E-state index in [0.717, 1.165) is 17.8 Å². The molecule has 27 heavy (non-hydrogen) atoms. The summed E-state index contributed by atoms with van der Waals surface area (Å²) in [6.45, 7) is 3.48. The van der Waals surface area contributed by atoms with Gasteiger partial charge in [0.25, 0.3) is 0 Å². The topological polar surface area (TPSA) is 89.6 Å². The summed E-state index contributed by atoms with van der Waals surface area (Å²) in [7, 11) is -1.68. The Morgan fingerprint density at radius 2 is 2.07 bits per heavy atom. The molecular weight excluding hydrogens is 366 g/mol. The Labute approximate surface area is 158 Å². The first kappa shape index (κ1) is 18.1. The molecule has 0 radical (unpaired) electrons. The Balaban J connectivity index is 1.64. The van der Waals surface area contributed by atoms with Crippen LogP contribution in [0.5, 0.6) is 0 Å². The highest BCUT2D eigenvalue weighted by molar-refractivity contribution is 7.89. The largest absolute Gasteiger partial charge is 0.347 e. The summed E-state index contributed by atoms with van der Waals surface area (Å²) in [5, 5.41) is 0. The molecule has 0 saturated carbocycles. The number of likely N-dealkylation sites (N-methyl/N-ethyl adjacent to an activating group) is 1. The molecule has 1 N–H and O–H groups in total. The summed E-state index contributed by atoms with van der Waals surface area (Å²) in [5.74, 6) is 0.690. The monoisotopic (exact) mass is 389 g/mol. The van der Waals surface area contributed by atoms with E-state index >= 15 is 0 Å². The number of aromatic amines is 1. The number of anilines is 1. The standard InChI is InChI=1S/C18H23N5O3S/c1-13(24)23-8-5-14-3-4-15(11-16(14)23)27(25,26)22-10-9-21(2)17(12-22)18-19-6-7-20-18/h3-4,6-7,11,17H,5,8-10,12H2,1-2H3,(H,19,20)/t17-/m0/s1. The zero-order valence-electron chi connectivity index (χ0n) is 15.4. The highest BCUT2D eigenvalue weighted by atomic mass is 32.2. The van der Waals surface area contributed by atoms with Crippen molar-refractivity contribution < 1.29 is 13.2 Å².